The van der Waals surface area contributed by atoms with Gasteiger partial charge in [0.1, 0.15) is 5.82 Å². The molecule has 100 valence electrons. The minimum Gasteiger partial charge on any atom is -0.317 e. The number of halogens is 1. The Morgan fingerprint density at radius 1 is 1.32 bits per heavy atom. The summed E-state index contributed by atoms with van der Waals surface area (Å²) >= 11 is 1.76. The Kier molecular flexibility index (Phi) is 3.62. The van der Waals surface area contributed by atoms with Crippen molar-refractivity contribution < 1.29 is 4.39 Å². The van der Waals surface area contributed by atoms with Gasteiger partial charge in [0, 0.05) is 16.4 Å². The van der Waals surface area contributed by atoms with E-state index in [-0.39, 0.29) is 5.82 Å². The van der Waals surface area contributed by atoms with Crippen molar-refractivity contribution in [3.63, 3.8) is 0 Å². The van der Waals surface area contributed by atoms with E-state index in [1.165, 1.54) is 16.0 Å². The normalized spacial score (nSPS) is 16.7. The standard InChI is InChI=1S/C15H17FN2S/c1-10-14(12-3-2-4-13(16)9-12)18-15(19-10)11-5-7-17-8-6-11/h2-4,9,11,17H,5-8H2,1H3. The summed E-state index contributed by atoms with van der Waals surface area (Å²) in [6, 6.07) is 6.71. The molecule has 0 spiro atoms. The van der Waals surface area contributed by atoms with Gasteiger partial charge >= 0.3 is 0 Å². The topological polar surface area (TPSA) is 24.9 Å². The molecule has 0 aliphatic carbocycles. The van der Waals surface area contributed by atoms with Crippen molar-refractivity contribution >= 4 is 11.3 Å². The predicted octanol–water partition coefficient (Wildman–Crippen LogP) is 3.72. The lowest BCUT2D eigenvalue weighted by Crippen LogP contribution is -2.26. The first kappa shape index (κ1) is 12.8. The maximum absolute atomic E-state index is 13.3. The van der Waals surface area contributed by atoms with Gasteiger partial charge in [-0.15, -0.1) is 11.3 Å². The molecule has 2 nitrogen and oxygen atoms in total. The Morgan fingerprint density at radius 3 is 2.84 bits per heavy atom. The third-order valence-electron chi connectivity index (χ3n) is 3.60. The minimum atomic E-state index is -0.201. The molecule has 0 radical (unpaired) electrons. The Hall–Kier alpha value is -1.26. The molecule has 1 N–H and O–H groups in total. The molecule has 0 amide bonds. The molecule has 4 heteroatoms. The molecule has 2 aromatic rings. The van der Waals surface area contributed by atoms with Crippen LogP contribution in [0.3, 0.4) is 0 Å². The fourth-order valence-corrected chi connectivity index (χ4v) is 3.68. The van der Waals surface area contributed by atoms with Crippen LogP contribution in [-0.4, -0.2) is 18.1 Å². The lowest BCUT2D eigenvalue weighted by Gasteiger charge is -2.20. The van der Waals surface area contributed by atoms with Gasteiger partial charge in [0.05, 0.1) is 10.7 Å². The Balaban J connectivity index is 1.92. The molecule has 0 bridgehead atoms. The number of nitrogens with one attached hydrogen (secondary N) is 1. The zero-order valence-electron chi connectivity index (χ0n) is 10.9. The van der Waals surface area contributed by atoms with Gasteiger partial charge in [-0.25, -0.2) is 9.37 Å². The lowest BCUT2D eigenvalue weighted by molar-refractivity contribution is 0.459. The Morgan fingerprint density at radius 2 is 2.11 bits per heavy atom. The number of benzene rings is 1. The monoisotopic (exact) mass is 276 g/mol. The van der Waals surface area contributed by atoms with E-state index in [1.807, 2.05) is 6.07 Å². The largest absolute Gasteiger partial charge is 0.317 e. The SMILES string of the molecule is Cc1sc(C2CCNCC2)nc1-c1cccc(F)c1. The van der Waals surface area contributed by atoms with E-state index >= 15 is 0 Å². The molecule has 19 heavy (non-hydrogen) atoms. The van der Waals surface area contributed by atoms with Crippen LogP contribution in [0, 0.1) is 12.7 Å². The average Bonchev–Trinajstić information content (AvgIpc) is 2.82. The molecule has 1 saturated heterocycles. The molecular formula is C15H17FN2S. The summed E-state index contributed by atoms with van der Waals surface area (Å²) < 4.78 is 13.3. The zero-order valence-corrected chi connectivity index (χ0v) is 11.8. The van der Waals surface area contributed by atoms with E-state index in [9.17, 15) is 4.39 Å². The fourth-order valence-electron chi connectivity index (χ4n) is 2.56. The van der Waals surface area contributed by atoms with Crippen molar-refractivity contribution in [2.45, 2.75) is 25.7 Å². The molecule has 0 unspecified atom stereocenters. The van der Waals surface area contributed by atoms with Crippen molar-refractivity contribution in [3.05, 3.63) is 40.0 Å². The summed E-state index contributed by atoms with van der Waals surface area (Å²) in [5.41, 5.74) is 1.83. The Labute approximate surface area is 116 Å². The second-order valence-corrected chi connectivity index (χ2v) is 6.23. The van der Waals surface area contributed by atoms with Crippen molar-refractivity contribution in [1.29, 1.82) is 0 Å². The van der Waals surface area contributed by atoms with Crippen LogP contribution in [-0.2, 0) is 0 Å². The van der Waals surface area contributed by atoms with Crippen LogP contribution in [0.2, 0.25) is 0 Å². The van der Waals surface area contributed by atoms with E-state index in [0.29, 0.717) is 5.92 Å². The molecular weight excluding hydrogens is 259 g/mol. The first-order valence-corrected chi connectivity index (χ1v) is 7.49. The molecule has 1 fully saturated rings. The number of aryl methyl sites for hydroxylation is 1. The molecule has 0 atom stereocenters. The number of aromatic nitrogens is 1. The maximum atomic E-state index is 13.3. The van der Waals surface area contributed by atoms with Gasteiger partial charge in [0.15, 0.2) is 0 Å². The highest BCUT2D eigenvalue weighted by molar-refractivity contribution is 7.12. The summed E-state index contributed by atoms with van der Waals surface area (Å²) in [5.74, 6) is 0.362. The third-order valence-corrected chi connectivity index (χ3v) is 4.73. The van der Waals surface area contributed by atoms with E-state index in [1.54, 1.807) is 23.5 Å². The summed E-state index contributed by atoms with van der Waals surface area (Å²) in [4.78, 5) is 5.95. The minimum absolute atomic E-state index is 0.201. The van der Waals surface area contributed by atoms with Gasteiger partial charge < -0.3 is 5.32 Å². The highest BCUT2D eigenvalue weighted by Gasteiger charge is 2.20. The molecule has 1 aliphatic heterocycles. The number of rotatable bonds is 2. The van der Waals surface area contributed by atoms with Gasteiger partial charge in [0.25, 0.3) is 0 Å². The van der Waals surface area contributed by atoms with Crippen LogP contribution < -0.4 is 5.32 Å². The van der Waals surface area contributed by atoms with Crippen LogP contribution in [0.1, 0.15) is 28.6 Å². The van der Waals surface area contributed by atoms with E-state index in [4.69, 9.17) is 4.98 Å². The van der Waals surface area contributed by atoms with Gasteiger partial charge in [-0.3, -0.25) is 0 Å². The van der Waals surface area contributed by atoms with Crippen molar-refractivity contribution in [3.8, 4) is 11.3 Å². The van der Waals surface area contributed by atoms with Gasteiger partial charge in [-0.05, 0) is 45.0 Å². The summed E-state index contributed by atoms with van der Waals surface area (Å²) in [6.45, 7) is 4.21. The highest BCUT2D eigenvalue weighted by atomic mass is 32.1. The average molecular weight is 276 g/mol. The Bertz CT molecular complexity index is 573. The molecule has 1 aromatic heterocycles. The van der Waals surface area contributed by atoms with E-state index in [2.05, 4.69) is 12.2 Å². The maximum Gasteiger partial charge on any atom is 0.123 e. The second-order valence-electron chi connectivity index (χ2n) is 4.99. The lowest BCUT2D eigenvalue weighted by atomic mass is 9.99. The molecule has 0 saturated carbocycles. The number of hydrogen-bond acceptors (Lipinski definition) is 3. The van der Waals surface area contributed by atoms with Gasteiger partial charge in [-0.2, -0.15) is 0 Å². The van der Waals surface area contributed by atoms with Crippen LogP contribution >= 0.6 is 11.3 Å². The number of thiazole rings is 1. The van der Waals surface area contributed by atoms with Crippen LogP contribution in [0.4, 0.5) is 4.39 Å². The first-order chi connectivity index (χ1) is 9.24. The second kappa shape index (κ2) is 5.39. The third kappa shape index (κ3) is 2.69. The predicted molar refractivity (Wildman–Crippen MR) is 77.1 cm³/mol. The fraction of sp³-hybridized carbons (Fsp3) is 0.400. The number of piperidine rings is 1. The quantitative estimate of drug-likeness (QED) is 0.904. The van der Waals surface area contributed by atoms with E-state index < -0.39 is 0 Å². The van der Waals surface area contributed by atoms with E-state index in [0.717, 1.165) is 37.2 Å². The van der Waals surface area contributed by atoms with Gasteiger partial charge in [0.2, 0.25) is 0 Å². The smallest absolute Gasteiger partial charge is 0.123 e. The zero-order chi connectivity index (χ0) is 13.2. The molecule has 3 rings (SSSR count). The summed E-state index contributed by atoms with van der Waals surface area (Å²) in [7, 11) is 0. The summed E-state index contributed by atoms with van der Waals surface area (Å²) in [5, 5.41) is 4.58. The van der Waals surface area contributed by atoms with Crippen LogP contribution in [0.25, 0.3) is 11.3 Å². The first-order valence-electron chi connectivity index (χ1n) is 6.68. The van der Waals surface area contributed by atoms with Crippen LogP contribution in [0.5, 0.6) is 0 Å². The molecule has 1 aromatic carbocycles. The van der Waals surface area contributed by atoms with Crippen molar-refractivity contribution in [2.24, 2.45) is 0 Å². The number of hydrogen-bond donors (Lipinski definition) is 1. The highest BCUT2D eigenvalue weighted by Crippen LogP contribution is 2.34. The van der Waals surface area contributed by atoms with Crippen molar-refractivity contribution in [2.75, 3.05) is 13.1 Å². The van der Waals surface area contributed by atoms with Gasteiger partial charge in [-0.1, -0.05) is 12.1 Å². The van der Waals surface area contributed by atoms with Crippen molar-refractivity contribution in [1.82, 2.24) is 10.3 Å². The van der Waals surface area contributed by atoms with Crippen LogP contribution in [0.15, 0.2) is 24.3 Å². The molecule has 1 aliphatic rings. The summed E-state index contributed by atoms with van der Waals surface area (Å²) in [6.07, 6.45) is 2.30. The molecule has 2 heterocycles. The number of nitrogens with zero attached hydrogens (tertiary/aromatic N) is 1.